The third-order valence-electron chi connectivity index (χ3n) is 3.57. The van der Waals surface area contributed by atoms with E-state index in [9.17, 15) is 4.39 Å². The Hall–Kier alpha value is -2.24. The molecule has 1 unspecified atom stereocenters. The van der Waals surface area contributed by atoms with Gasteiger partial charge in [-0.2, -0.15) is 4.98 Å². The average molecular weight is 332 g/mol. The van der Waals surface area contributed by atoms with Crippen LogP contribution in [0.5, 0.6) is 0 Å². The van der Waals surface area contributed by atoms with Crippen molar-refractivity contribution in [3.05, 3.63) is 70.3 Å². The zero-order chi connectivity index (χ0) is 16.4. The number of hydrogen-bond donors (Lipinski definition) is 1. The van der Waals surface area contributed by atoms with Crippen LogP contribution in [0.15, 0.2) is 47.0 Å². The number of benzene rings is 2. The number of halogens is 2. The molecule has 4 nitrogen and oxygen atoms in total. The molecule has 0 amide bonds. The highest BCUT2D eigenvalue weighted by Crippen LogP contribution is 2.30. The Morgan fingerprint density at radius 2 is 1.91 bits per heavy atom. The standard InChI is InChI=1S/C17H15ClFN3O/c1-10-6-8-11(9-7-10)15(20-2)17-21-16(22-23-17)14-12(18)4-3-5-13(14)19/h3-9,15,20H,1-2H3. The minimum Gasteiger partial charge on any atom is -0.337 e. The molecule has 2 aromatic carbocycles. The van der Waals surface area contributed by atoms with Gasteiger partial charge in [0.15, 0.2) is 0 Å². The van der Waals surface area contributed by atoms with Gasteiger partial charge < -0.3 is 9.84 Å². The highest BCUT2D eigenvalue weighted by Gasteiger charge is 2.22. The molecule has 1 heterocycles. The second kappa shape index (κ2) is 6.48. The first kappa shape index (κ1) is 15.6. The Kier molecular flexibility index (Phi) is 4.41. The van der Waals surface area contributed by atoms with Crippen molar-refractivity contribution in [2.75, 3.05) is 7.05 Å². The van der Waals surface area contributed by atoms with E-state index < -0.39 is 5.82 Å². The predicted molar refractivity (Wildman–Crippen MR) is 86.8 cm³/mol. The fourth-order valence-electron chi connectivity index (χ4n) is 2.36. The molecule has 6 heteroatoms. The number of rotatable bonds is 4. The van der Waals surface area contributed by atoms with Gasteiger partial charge in [-0.3, -0.25) is 0 Å². The summed E-state index contributed by atoms with van der Waals surface area (Å²) in [6.45, 7) is 2.02. The molecule has 3 rings (SSSR count). The summed E-state index contributed by atoms with van der Waals surface area (Å²) in [5, 5.41) is 7.24. The maximum absolute atomic E-state index is 14.0. The van der Waals surface area contributed by atoms with Crippen molar-refractivity contribution in [1.29, 1.82) is 0 Å². The van der Waals surface area contributed by atoms with E-state index in [0.717, 1.165) is 11.1 Å². The predicted octanol–water partition coefficient (Wildman–Crippen LogP) is 4.15. The smallest absolute Gasteiger partial charge is 0.248 e. The van der Waals surface area contributed by atoms with Gasteiger partial charge in [-0.25, -0.2) is 4.39 Å². The van der Waals surface area contributed by atoms with Crippen molar-refractivity contribution in [3.8, 4) is 11.4 Å². The summed E-state index contributed by atoms with van der Waals surface area (Å²) >= 11 is 6.04. The molecule has 118 valence electrons. The van der Waals surface area contributed by atoms with Crippen LogP contribution in [0, 0.1) is 12.7 Å². The van der Waals surface area contributed by atoms with Crippen LogP contribution in [0.4, 0.5) is 4.39 Å². The maximum atomic E-state index is 14.0. The van der Waals surface area contributed by atoms with Gasteiger partial charge in [-0.15, -0.1) is 0 Å². The van der Waals surface area contributed by atoms with Crippen molar-refractivity contribution < 1.29 is 8.91 Å². The molecular weight excluding hydrogens is 317 g/mol. The van der Waals surface area contributed by atoms with Crippen LogP contribution in [-0.2, 0) is 0 Å². The van der Waals surface area contributed by atoms with Crippen molar-refractivity contribution in [2.45, 2.75) is 13.0 Å². The van der Waals surface area contributed by atoms with E-state index in [4.69, 9.17) is 16.1 Å². The van der Waals surface area contributed by atoms with Crippen LogP contribution in [0.3, 0.4) is 0 Å². The zero-order valence-corrected chi connectivity index (χ0v) is 13.4. The van der Waals surface area contributed by atoms with E-state index in [2.05, 4.69) is 15.5 Å². The molecule has 1 atom stereocenters. The molecule has 0 aliphatic rings. The molecule has 1 aromatic heterocycles. The molecule has 0 aliphatic carbocycles. The van der Waals surface area contributed by atoms with Gasteiger partial charge >= 0.3 is 0 Å². The van der Waals surface area contributed by atoms with Crippen molar-refractivity contribution in [1.82, 2.24) is 15.5 Å². The first-order valence-electron chi connectivity index (χ1n) is 7.12. The summed E-state index contributed by atoms with van der Waals surface area (Å²) in [4.78, 5) is 4.31. The molecule has 1 N–H and O–H groups in total. The van der Waals surface area contributed by atoms with Gasteiger partial charge in [0.05, 0.1) is 10.6 Å². The monoisotopic (exact) mass is 331 g/mol. The number of nitrogens with one attached hydrogen (secondary N) is 1. The molecule has 0 saturated heterocycles. The van der Waals surface area contributed by atoms with Crippen LogP contribution in [0.1, 0.15) is 23.1 Å². The molecular formula is C17H15ClFN3O. The van der Waals surface area contributed by atoms with Crippen molar-refractivity contribution >= 4 is 11.6 Å². The van der Waals surface area contributed by atoms with Crippen molar-refractivity contribution in [2.24, 2.45) is 0 Å². The second-order valence-corrected chi connectivity index (χ2v) is 5.59. The quantitative estimate of drug-likeness (QED) is 0.780. The summed E-state index contributed by atoms with van der Waals surface area (Å²) < 4.78 is 19.3. The Balaban J connectivity index is 1.98. The third-order valence-corrected chi connectivity index (χ3v) is 3.89. The van der Waals surface area contributed by atoms with E-state index >= 15 is 0 Å². The normalized spacial score (nSPS) is 12.3. The van der Waals surface area contributed by atoms with E-state index in [1.165, 1.54) is 12.1 Å². The summed E-state index contributed by atoms with van der Waals surface area (Å²) in [6, 6.07) is 12.1. The lowest BCUT2D eigenvalue weighted by Crippen LogP contribution is -2.18. The molecule has 0 bridgehead atoms. The molecule has 0 spiro atoms. The Bertz CT molecular complexity index is 797. The average Bonchev–Trinajstić information content (AvgIpc) is 2.99. The lowest BCUT2D eigenvalue weighted by Gasteiger charge is -2.12. The summed E-state index contributed by atoms with van der Waals surface area (Å²) in [6.07, 6.45) is 0. The second-order valence-electron chi connectivity index (χ2n) is 5.19. The molecule has 0 saturated carbocycles. The van der Waals surface area contributed by atoms with Crippen LogP contribution >= 0.6 is 11.6 Å². The minimum absolute atomic E-state index is 0.135. The first-order valence-corrected chi connectivity index (χ1v) is 7.49. The van der Waals surface area contributed by atoms with Crippen LogP contribution in [-0.4, -0.2) is 17.2 Å². The van der Waals surface area contributed by atoms with Crippen molar-refractivity contribution in [3.63, 3.8) is 0 Å². The molecule has 0 radical (unpaired) electrons. The summed E-state index contributed by atoms with van der Waals surface area (Å²) in [5.41, 5.74) is 2.28. The number of aryl methyl sites for hydroxylation is 1. The molecule has 0 fully saturated rings. The van der Waals surface area contributed by atoms with Gasteiger partial charge in [-0.1, -0.05) is 52.7 Å². The molecule has 3 aromatic rings. The van der Waals surface area contributed by atoms with Crippen LogP contribution in [0.2, 0.25) is 5.02 Å². The largest absolute Gasteiger partial charge is 0.337 e. The molecule has 23 heavy (non-hydrogen) atoms. The lowest BCUT2D eigenvalue weighted by atomic mass is 10.1. The van der Waals surface area contributed by atoms with E-state index in [1.54, 1.807) is 13.1 Å². The number of nitrogens with zero attached hydrogens (tertiary/aromatic N) is 2. The SMILES string of the molecule is CNC(c1ccc(C)cc1)c1nc(-c2c(F)cccc2Cl)no1. The summed E-state index contributed by atoms with van der Waals surface area (Å²) in [7, 11) is 1.80. The Morgan fingerprint density at radius 1 is 1.17 bits per heavy atom. The zero-order valence-electron chi connectivity index (χ0n) is 12.7. The van der Waals surface area contributed by atoms with Crippen LogP contribution in [0.25, 0.3) is 11.4 Å². The molecule has 0 aliphatic heterocycles. The topological polar surface area (TPSA) is 51.0 Å². The maximum Gasteiger partial charge on any atom is 0.248 e. The van der Waals surface area contributed by atoms with Crippen LogP contribution < -0.4 is 5.32 Å². The third kappa shape index (κ3) is 3.11. The number of aromatic nitrogens is 2. The van der Waals surface area contributed by atoms with Gasteiger partial charge in [0.1, 0.15) is 11.9 Å². The van der Waals surface area contributed by atoms with Gasteiger partial charge in [0.25, 0.3) is 0 Å². The van der Waals surface area contributed by atoms with Gasteiger partial charge in [0.2, 0.25) is 11.7 Å². The van der Waals surface area contributed by atoms with E-state index in [1.807, 2.05) is 31.2 Å². The fourth-order valence-corrected chi connectivity index (χ4v) is 2.60. The van der Waals surface area contributed by atoms with E-state index in [-0.39, 0.29) is 22.5 Å². The summed E-state index contributed by atoms with van der Waals surface area (Å²) in [5.74, 6) is 0.00216. The number of hydrogen-bond acceptors (Lipinski definition) is 4. The first-order chi connectivity index (χ1) is 11.1. The lowest BCUT2D eigenvalue weighted by molar-refractivity contribution is 0.354. The Labute approximate surface area is 138 Å². The minimum atomic E-state index is -0.485. The highest BCUT2D eigenvalue weighted by atomic mass is 35.5. The Morgan fingerprint density at radius 3 is 2.57 bits per heavy atom. The highest BCUT2D eigenvalue weighted by molar-refractivity contribution is 6.33. The van der Waals surface area contributed by atoms with E-state index in [0.29, 0.717) is 5.89 Å². The van der Waals surface area contributed by atoms with Gasteiger partial charge in [0, 0.05) is 0 Å². The van der Waals surface area contributed by atoms with Gasteiger partial charge in [-0.05, 0) is 31.7 Å². The fraction of sp³-hybridized carbons (Fsp3) is 0.176.